The maximum Gasteiger partial charge on any atom is 0.0638 e. The summed E-state index contributed by atoms with van der Waals surface area (Å²) < 4.78 is 0. The van der Waals surface area contributed by atoms with Crippen LogP contribution in [0.4, 0.5) is 0 Å². The summed E-state index contributed by atoms with van der Waals surface area (Å²) in [7, 11) is 0. The van der Waals surface area contributed by atoms with E-state index in [2.05, 4.69) is 15.5 Å². The number of hydrogen-bond donors (Lipinski definition) is 3. The average Bonchev–Trinajstić information content (AvgIpc) is 2.48. The van der Waals surface area contributed by atoms with E-state index in [0.29, 0.717) is 0 Å². The molecule has 1 aromatic rings. The molecular formula is C10H19N3O. The number of aliphatic hydroxyl groups is 1. The Morgan fingerprint density at radius 1 is 1.36 bits per heavy atom. The van der Waals surface area contributed by atoms with E-state index in [9.17, 15) is 0 Å². The van der Waals surface area contributed by atoms with E-state index >= 15 is 0 Å². The highest BCUT2D eigenvalue weighted by Gasteiger charge is 2.04. The van der Waals surface area contributed by atoms with Gasteiger partial charge in [0.05, 0.1) is 5.69 Å². The lowest BCUT2D eigenvalue weighted by Crippen LogP contribution is -2.15. The number of hydrogen-bond acceptors (Lipinski definition) is 3. The van der Waals surface area contributed by atoms with Crippen LogP contribution in [0.15, 0.2) is 0 Å². The number of aryl methyl sites for hydroxylation is 2. The highest BCUT2D eigenvalue weighted by atomic mass is 16.2. The first-order chi connectivity index (χ1) is 6.75. The minimum absolute atomic E-state index is 0.283. The van der Waals surface area contributed by atoms with Crippen molar-refractivity contribution in [3.05, 3.63) is 17.0 Å². The van der Waals surface area contributed by atoms with Gasteiger partial charge in [0.1, 0.15) is 0 Å². The normalized spacial score (nSPS) is 10.8. The van der Waals surface area contributed by atoms with Gasteiger partial charge < -0.3 is 10.4 Å². The first kappa shape index (κ1) is 11.2. The van der Waals surface area contributed by atoms with Gasteiger partial charge in [-0.15, -0.1) is 0 Å². The zero-order valence-electron chi connectivity index (χ0n) is 8.93. The van der Waals surface area contributed by atoms with E-state index in [1.807, 2.05) is 13.8 Å². The Bertz CT molecular complexity index is 251. The average molecular weight is 197 g/mol. The van der Waals surface area contributed by atoms with Crippen molar-refractivity contribution < 1.29 is 5.11 Å². The number of H-pyrrole nitrogens is 1. The van der Waals surface area contributed by atoms with E-state index in [4.69, 9.17) is 5.11 Å². The Balaban J connectivity index is 2.24. The van der Waals surface area contributed by atoms with E-state index in [-0.39, 0.29) is 6.61 Å². The van der Waals surface area contributed by atoms with Gasteiger partial charge in [0, 0.05) is 24.4 Å². The number of nitrogens with zero attached hydrogens (tertiary/aromatic N) is 1. The van der Waals surface area contributed by atoms with E-state index in [0.717, 1.165) is 37.3 Å². The van der Waals surface area contributed by atoms with Crippen molar-refractivity contribution in [3.8, 4) is 0 Å². The van der Waals surface area contributed by atoms with Crippen LogP contribution in [0.3, 0.4) is 0 Å². The summed E-state index contributed by atoms with van der Waals surface area (Å²) in [5.74, 6) is 0. The first-order valence-electron chi connectivity index (χ1n) is 5.07. The molecule has 0 atom stereocenters. The van der Waals surface area contributed by atoms with Crippen molar-refractivity contribution in [2.24, 2.45) is 0 Å². The minimum Gasteiger partial charge on any atom is -0.396 e. The molecule has 1 rings (SSSR count). The molecule has 14 heavy (non-hydrogen) atoms. The first-order valence-corrected chi connectivity index (χ1v) is 5.07. The molecule has 0 fully saturated rings. The monoisotopic (exact) mass is 197 g/mol. The Kier molecular flexibility index (Phi) is 4.62. The lowest BCUT2D eigenvalue weighted by Gasteiger charge is -2.03. The third-order valence-electron chi connectivity index (χ3n) is 2.34. The van der Waals surface area contributed by atoms with Crippen molar-refractivity contribution >= 4 is 0 Å². The van der Waals surface area contributed by atoms with Crippen LogP contribution in [0.25, 0.3) is 0 Å². The quantitative estimate of drug-likeness (QED) is 0.593. The number of rotatable bonds is 6. The molecule has 0 aromatic carbocycles. The van der Waals surface area contributed by atoms with Gasteiger partial charge in [-0.05, 0) is 33.2 Å². The van der Waals surface area contributed by atoms with Crippen LogP contribution in [-0.2, 0) is 6.54 Å². The molecule has 0 saturated carbocycles. The second kappa shape index (κ2) is 5.78. The maximum atomic E-state index is 8.60. The van der Waals surface area contributed by atoms with Crippen molar-refractivity contribution in [3.63, 3.8) is 0 Å². The fraction of sp³-hybridized carbons (Fsp3) is 0.700. The molecule has 3 N–H and O–H groups in total. The fourth-order valence-electron chi connectivity index (χ4n) is 1.41. The number of aliphatic hydroxyl groups excluding tert-OH is 1. The predicted octanol–water partition coefficient (Wildman–Crippen LogP) is 0.889. The Morgan fingerprint density at radius 2 is 2.14 bits per heavy atom. The minimum atomic E-state index is 0.283. The second-order valence-corrected chi connectivity index (χ2v) is 3.52. The number of aromatic nitrogens is 2. The fourth-order valence-corrected chi connectivity index (χ4v) is 1.41. The number of nitrogens with one attached hydrogen (secondary N) is 2. The van der Waals surface area contributed by atoms with E-state index in [1.165, 1.54) is 5.56 Å². The van der Waals surface area contributed by atoms with Gasteiger partial charge in [-0.2, -0.15) is 5.10 Å². The zero-order chi connectivity index (χ0) is 10.4. The molecule has 4 heteroatoms. The van der Waals surface area contributed by atoms with E-state index in [1.54, 1.807) is 0 Å². The Morgan fingerprint density at radius 3 is 2.71 bits per heavy atom. The van der Waals surface area contributed by atoms with Crippen LogP contribution in [-0.4, -0.2) is 28.5 Å². The van der Waals surface area contributed by atoms with Gasteiger partial charge in [0.15, 0.2) is 0 Å². The van der Waals surface area contributed by atoms with Crippen LogP contribution in [0.1, 0.15) is 29.8 Å². The zero-order valence-corrected chi connectivity index (χ0v) is 8.93. The summed E-state index contributed by atoms with van der Waals surface area (Å²) in [6.45, 7) is 6.13. The molecule has 4 nitrogen and oxygen atoms in total. The van der Waals surface area contributed by atoms with E-state index < -0.39 is 0 Å². The molecule has 0 aliphatic carbocycles. The summed E-state index contributed by atoms with van der Waals surface area (Å²) in [5, 5.41) is 19.0. The van der Waals surface area contributed by atoms with Gasteiger partial charge >= 0.3 is 0 Å². The topological polar surface area (TPSA) is 60.9 Å². The molecule has 0 bridgehead atoms. The molecule has 0 aliphatic rings. The van der Waals surface area contributed by atoms with Gasteiger partial charge in [0.25, 0.3) is 0 Å². The van der Waals surface area contributed by atoms with Crippen molar-refractivity contribution in [1.29, 1.82) is 0 Å². The third kappa shape index (κ3) is 3.12. The lowest BCUT2D eigenvalue weighted by atomic mass is 10.2. The summed E-state index contributed by atoms with van der Waals surface area (Å²) in [6.07, 6.45) is 1.89. The largest absolute Gasteiger partial charge is 0.396 e. The molecule has 1 heterocycles. The van der Waals surface area contributed by atoms with Crippen LogP contribution < -0.4 is 5.32 Å². The van der Waals surface area contributed by atoms with Crippen LogP contribution >= 0.6 is 0 Å². The second-order valence-electron chi connectivity index (χ2n) is 3.52. The molecule has 0 amide bonds. The van der Waals surface area contributed by atoms with Crippen LogP contribution in [0.2, 0.25) is 0 Å². The molecule has 0 radical (unpaired) electrons. The van der Waals surface area contributed by atoms with Gasteiger partial charge in [-0.3, -0.25) is 5.10 Å². The molecule has 0 saturated heterocycles. The SMILES string of the molecule is Cc1n[nH]c(C)c1CNCCCCO. The highest BCUT2D eigenvalue weighted by Crippen LogP contribution is 2.08. The smallest absolute Gasteiger partial charge is 0.0638 e. The van der Waals surface area contributed by atoms with Crippen molar-refractivity contribution in [1.82, 2.24) is 15.5 Å². The molecule has 0 unspecified atom stereocenters. The Hall–Kier alpha value is -0.870. The summed E-state index contributed by atoms with van der Waals surface area (Å²) in [6, 6.07) is 0. The number of unbranched alkanes of at least 4 members (excludes halogenated alkanes) is 1. The van der Waals surface area contributed by atoms with Crippen molar-refractivity contribution in [2.45, 2.75) is 33.2 Å². The van der Waals surface area contributed by atoms with Crippen molar-refractivity contribution in [2.75, 3.05) is 13.2 Å². The van der Waals surface area contributed by atoms with Crippen LogP contribution in [0.5, 0.6) is 0 Å². The number of aromatic amines is 1. The molecule has 80 valence electrons. The summed E-state index contributed by atoms with van der Waals surface area (Å²) in [4.78, 5) is 0. The van der Waals surface area contributed by atoms with Gasteiger partial charge in [-0.1, -0.05) is 0 Å². The summed E-state index contributed by atoms with van der Waals surface area (Å²) in [5.41, 5.74) is 3.46. The molecule has 1 aromatic heterocycles. The van der Waals surface area contributed by atoms with Gasteiger partial charge in [0.2, 0.25) is 0 Å². The third-order valence-corrected chi connectivity index (χ3v) is 2.34. The maximum absolute atomic E-state index is 8.60. The highest BCUT2D eigenvalue weighted by molar-refractivity contribution is 5.22. The van der Waals surface area contributed by atoms with Gasteiger partial charge in [-0.25, -0.2) is 0 Å². The standard InChI is InChI=1S/C10H19N3O/c1-8-10(9(2)13-12-8)7-11-5-3-4-6-14/h11,14H,3-7H2,1-2H3,(H,12,13). The molecule has 0 aliphatic heterocycles. The molecule has 0 spiro atoms. The summed E-state index contributed by atoms with van der Waals surface area (Å²) >= 11 is 0. The Labute approximate surface area is 84.7 Å². The molecular weight excluding hydrogens is 178 g/mol. The van der Waals surface area contributed by atoms with Crippen LogP contribution in [0, 0.1) is 13.8 Å². The lowest BCUT2D eigenvalue weighted by molar-refractivity contribution is 0.283. The predicted molar refractivity (Wildman–Crippen MR) is 56.1 cm³/mol.